The summed E-state index contributed by atoms with van der Waals surface area (Å²) in [7, 11) is 1.56. The Hall–Kier alpha value is -1.55. The molecular weight excluding hydrogens is 208 g/mol. The molecule has 0 bridgehead atoms. The quantitative estimate of drug-likeness (QED) is 0.783. The molecule has 0 unspecified atom stereocenters. The predicted molar refractivity (Wildman–Crippen MR) is 57.6 cm³/mol. The molecule has 0 saturated carbocycles. The van der Waals surface area contributed by atoms with Crippen LogP contribution < -0.4 is 4.74 Å². The number of hydrogen-bond acceptors (Lipinski definition) is 3. The highest BCUT2D eigenvalue weighted by Gasteiger charge is 2.39. The van der Waals surface area contributed by atoms with Gasteiger partial charge in [-0.15, -0.1) is 0 Å². The number of carboxylic acid groups (broad SMARTS) is 1. The highest BCUT2D eigenvalue weighted by atomic mass is 16.5. The van der Waals surface area contributed by atoms with Crippen LogP contribution in [0.1, 0.15) is 17.5 Å². The van der Waals surface area contributed by atoms with E-state index in [2.05, 4.69) is 0 Å². The SMILES string of the molecule is COc1ccc2c(c1)C[C@](O)(C(=O)O)CC2. The van der Waals surface area contributed by atoms with E-state index in [1.807, 2.05) is 12.1 Å². The maximum Gasteiger partial charge on any atom is 0.336 e. The van der Waals surface area contributed by atoms with Crippen molar-refractivity contribution in [3.63, 3.8) is 0 Å². The third-order valence-electron chi connectivity index (χ3n) is 3.10. The monoisotopic (exact) mass is 222 g/mol. The second kappa shape index (κ2) is 3.79. The number of carbonyl (C=O) groups is 1. The molecule has 2 N–H and O–H groups in total. The van der Waals surface area contributed by atoms with Crippen molar-refractivity contribution in [2.45, 2.75) is 24.9 Å². The minimum atomic E-state index is -1.63. The van der Waals surface area contributed by atoms with Crippen molar-refractivity contribution in [1.82, 2.24) is 0 Å². The van der Waals surface area contributed by atoms with Crippen LogP contribution in [0.25, 0.3) is 0 Å². The third kappa shape index (κ3) is 1.76. The number of methoxy groups -OCH3 is 1. The lowest BCUT2D eigenvalue weighted by atomic mass is 9.80. The maximum atomic E-state index is 11.0. The van der Waals surface area contributed by atoms with Gasteiger partial charge in [-0.1, -0.05) is 6.07 Å². The second-order valence-corrected chi connectivity index (χ2v) is 4.15. The maximum absolute atomic E-state index is 11.0. The second-order valence-electron chi connectivity index (χ2n) is 4.15. The van der Waals surface area contributed by atoms with Gasteiger partial charge in [-0.2, -0.15) is 0 Å². The first kappa shape index (κ1) is 11.0. The van der Waals surface area contributed by atoms with Gasteiger partial charge in [0.1, 0.15) is 5.75 Å². The van der Waals surface area contributed by atoms with Crippen LogP contribution in [0, 0.1) is 0 Å². The number of fused-ring (bicyclic) bond motifs is 1. The molecule has 0 aromatic heterocycles. The van der Waals surface area contributed by atoms with Crippen LogP contribution in [0.5, 0.6) is 5.75 Å². The zero-order chi connectivity index (χ0) is 11.8. The normalized spacial score (nSPS) is 23.6. The third-order valence-corrected chi connectivity index (χ3v) is 3.10. The number of aryl methyl sites for hydroxylation is 1. The first-order valence-corrected chi connectivity index (χ1v) is 5.17. The van der Waals surface area contributed by atoms with Crippen molar-refractivity contribution in [3.05, 3.63) is 29.3 Å². The number of aliphatic carboxylic acids is 1. The fourth-order valence-corrected chi connectivity index (χ4v) is 2.07. The molecule has 4 nitrogen and oxygen atoms in total. The van der Waals surface area contributed by atoms with Crippen molar-refractivity contribution in [1.29, 1.82) is 0 Å². The summed E-state index contributed by atoms with van der Waals surface area (Å²) in [6.45, 7) is 0. The molecule has 0 radical (unpaired) electrons. The molecule has 1 aromatic rings. The Balaban J connectivity index is 2.35. The van der Waals surface area contributed by atoms with Gasteiger partial charge in [0.15, 0.2) is 5.60 Å². The Labute approximate surface area is 93.5 Å². The number of aliphatic hydroxyl groups is 1. The summed E-state index contributed by atoms with van der Waals surface area (Å²) in [5, 5.41) is 18.9. The number of ether oxygens (including phenoxy) is 1. The average Bonchev–Trinajstić information content (AvgIpc) is 2.27. The lowest BCUT2D eigenvalue weighted by molar-refractivity contribution is -0.159. The zero-order valence-corrected chi connectivity index (χ0v) is 9.06. The molecule has 0 amide bonds. The average molecular weight is 222 g/mol. The van der Waals surface area contributed by atoms with E-state index in [1.165, 1.54) is 0 Å². The molecule has 1 atom stereocenters. The molecule has 1 aromatic carbocycles. The van der Waals surface area contributed by atoms with Gasteiger partial charge >= 0.3 is 5.97 Å². The van der Waals surface area contributed by atoms with E-state index in [-0.39, 0.29) is 12.8 Å². The lowest BCUT2D eigenvalue weighted by Crippen LogP contribution is -2.43. The molecule has 2 rings (SSSR count). The summed E-state index contributed by atoms with van der Waals surface area (Å²) in [5.41, 5.74) is 0.321. The van der Waals surface area contributed by atoms with Crippen LogP contribution in [-0.4, -0.2) is 28.9 Å². The van der Waals surface area contributed by atoms with Gasteiger partial charge in [-0.05, 0) is 36.1 Å². The van der Waals surface area contributed by atoms with Gasteiger partial charge in [0.25, 0.3) is 0 Å². The lowest BCUT2D eigenvalue weighted by Gasteiger charge is -2.29. The van der Waals surface area contributed by atoms with Crippen LogP contribution in [0.4, 0.5) is 0 Å². The number of rotatable bonds is 2. The van der Waals surface area contributed by atoms with Crippen LogP contribution in [0.3, 0.4) is 0 Å². The molecular formula is C12H14O4. The van der Waals surface area contributed by atoms with Crippen molar-refractivity contribution in [3.8, 4) is 5.75 Å². The molecule has 0 aliphatic heterocycles. The molecule has 4 heteroatoms. The Morgan fingerprint density at radius 2 is 2.19 bits per heavy atom. The molecule has 0 fully saturated rings. The van der Waals surface area contributed by atoms with Crippen molar-refractivity contribution < 1.29 is 19.7 Å². The highest BCUT2D eigenvalue weighted by Crippen LogP contribution is 2.31. The van der Waals surface area contributed by atoms with Crippen molar-refractivity contribution in [2.24, 2.45) is 0 Å². The smallest absolute Gasteiger partial charge is 0.336 e. The van der Waals surface area contributed by atoms with Crippen LogP contribution >= 0.6 is 0 Å². The topological polar surface area (TPSA) is 66.8 Å². The van der Waals surface area contributed by atoms with E-state index in [0.717, 1.165) is 11.1 Å². The van der Waals surface area contributed by atoms with E-state index >= 15 is 0 Å². The van der Waals surface area contributed by atoms with Gasteiger partial charge < -0.3 is 14.9 Å². The summed E-state index contributed by atoms with van der Waals surface area (Å²) in [4.78, 5) is 11.0. The standard InChI is InChI=1S/C12H14O4/c1-16-10-3-2-8-4-5-12(15,11(13)14)7-9(8)6-10/h2-3,6,15H,4-5,7H2,1H3,(H,13,14)/t12-/m0/s1. The summed E-state index contributed by atoms with van der Waals surface area (Å²) < 4.78 is 5.08. The first-order valence-electron chi connectivity index (χ1n) is 5.17. The molecule has 0 heterocycles. The minimum Gasteiger partial charge on any atom is -0.497 e. The van der Waals surface area contributed by atoms with Gasteiger partial charge in [0, 0.05) is 6.42 Å². The largest absolute Gasteiger partial charge is 0.497 e. The Morgan fingerprint density at radius 1 is 1.44 bits per heavy atom. The zero-order valence-electron chi connectivity index (χ0n) is 9.06. The van der Waals surface area contributed by atoms with E-state index < -0.39 is 11.6 Å². The summed E-state index contributed by atoms with van der Waals surface area (Å²) in [6.07, 6.45) is 0.999. The first-order chi connectivity index (χ1) is 7.55. The van der Waals surface area contributed by atoms with Gasteiger partial charge in [0.2, 0.25) is 0 Å². The number of benzene rings is 1. The molecule has 0 spiro atoms. The van der Waals surface area contributed by atoms with Crippen LogP contribution in [0.2, 0.25) is 0 Å². The Bertz CT molecular complexity index is 427. The Morgan fingerprint density at radius 3 is 2.81 bits per heavy atom. The molecule has 0 saturated heterocycles. The fraction of sp³-hybridized carbons (Fsp3) is 0.417. The molecule has 1 aliphatic carbocycles. The van der Waals surface area contributed by atoms with Gasteiger partial charge in [-0.3, -0.25) is 0 Å². The van der Waals surface area contributed by atoms with Gasteiger partial charge in [-0.25, -0.2) is 4.79 Å². The minimum absolute atomic E-state index is 0.148. The number of carboxylic acids is 1. The van der Waals surface area contributed by atoms with Crippen LogP contribution in [-0.2, 0) is 17.6 Å². The van der Waals surface area contributed by atoms with Crippen molar-refractivity contribution >= 4 is 5.97 Å². The summed E-state index contributed by atoms with van der Waals surface area (Å²) in [6, 6.07) is 5.57. The summed E-state index contributed by atoms with van der Waals surface area (Å²) in [5.74, 6) is -0.464. The highest BCUT2D eigenvalue weighted by molar-refractivity contribution is 5.78. The van der Waals surface area contributed by atoms with E-state index in [1.54, 1.807) is 13.2 Å². The predicted octanol–water partition coefficient (Wildman–Crippen LogP) is 1.000. The molecule has 1 aliphatic rings. The summed E-state index contributed by atoms with van der Waals surface area (Å²) >= 11 is 0. The molecule has 16 heavy (non-hydrogen) atoms. The van der Waals surface area contributed by atoms with E-state index in [9.17, 15) is 9.90 Å². The van der Waals surface area contributed by atoms with E-state index in [0.29, 0.717) is 12.2 Å². The Kier molecular flexibility index (Phi) is 2.59. The van der Waals surface area contributed by atoms with Crippen LogP contribution in [0.15, 0.2) is 18.2 Å². The van der Waals surface area contributed by atoms with Crippen molar-refractivity contribution in [2.75, 3.05) is 7.11 Å². The van der Waals surface area contributed by atoms with E-state index in [4.69, 9.17) is 9.84 Å². The fourth-order valence-electron chi connectivity index (χ4n) is 2.07. The number of hydrogen-bond donors (Lipinski definition) is 2. The molecule has 86 valence electrons. The van der Waals surface area contributed by atoms with Gasteiger partial charge in [0.05, 0.1) is 7.11 Å².